The van der Waals surface area contributed by atoms with Gasteiger partial charge in [0.2, 0.25) is 0 Å². The summed E-state index contributed by atoms with van der Waals surface area (Å²) in [5, 5.41) is 0. The monoisotopic (exact) mass is 159 g/mol. The van der Waals surface area contributed by atoms with Gasteiger partial charge in [-0.25, -0.2) is 0 Å². The van der Waals surface area contributed by atoms with E-state index in [1.54, 1.807) is 0 Å². The van der Waals surface area contributed by atoms with Crippen LogP contribution in [0.5, 0.6) is 0 Å². The first-order chi connectivity index (χ1) is 5.06. The van der Waals surface area contributed by atoms with Crippen molar-refractivity contribution in [3.63, 3.8) is 0 Å². The van der Waals surface area contributed by atoms with E-state index in [1.807, 2.05) is 0 Å². The van der Waals surface area contributed by atoms with Crippen molar-refractivity contribution in [1.29, 1.82) is 0 Å². The molecule has 0 aliphatic carbocycles. The highest BCUT2D eigenvalue weighted by Crippen LogP contribution is 1.97. The van der Waals surface area contributed by atoms with Crippen LogP contribution in [0.1, 0.15) is 20.3 Å². The minimum Gasteiger partial charge on any atom is -0.461 e. The maximum Gasteiger partial charge on any atom is 0.302 e. The molecule has 0 rings (SSSR count). The highest BCUT2D eigenvalue weighted by atomic mass is 16.5. The summed E-state index contributed by atoms with van der Waals surface area (Å²) < 4.78 is 4.73. The Morgan fingerprint density at radius 3 is 2.27 bits per heavy atom. The van der Waals surface area contributed by atoms with E-state index >= 15 is 0 Å². The molecular formula is C7H13NO3. The molecule has 0 aliphatic heterocycles. The predicted octanol–water partition coefficient (Wildman–Crippen LogP) is -0.144. The smallest absolute Gasteiger partial charge is 0.302 e. The molecule has 4 nitrogen and oxygen atoms in total. The van der Waals surface area contributed by atoms with Crippen molar-refractivity contribution in [3.8, 4) is 0 Å². The lowest BCUT2D eigenvalue weighted by Gasteiger charge is -2.12. The number of Topliss-reactive ketones (excluding diaryl/α,β-unsaturated/α-hetero) is 1. The average Bonchev–Trinajstić information content (AvgIpc) is 1.84. The van der Waals surface area contributed by atoms with E-state index in [-0.39, 0.29) is 18.7 Å². The maximum absolute atomic E-state index is 10.5. The lowest BCUT2D eigenvalue weighted by molar-refractivity contribution is -0.146. The van der Waals surface area contributed by atoms with E-state index in [9.17, 15) is 9.59 Å². The molecule has 0 saturated carbocycles. The van der Waals surface area contributed by atoms with Crippen molar-refractivity contribution >= 4 is 11.8 Å². The average molecular weight is 159 g/mol. The number of carbonyl (C=O) groups is 2. The quantitative estimate of drug-likeness (QED) is 0.579. The van der Waals surface area contributed by atoms with E-state index in [2.05, 4.69) is 0 Å². The molecule has 0 amide bonds. The van der Waals surface area contributed by atoms with Crippen molar-refractivity contribution in [2.45, 2.75) is 26.4 Å². The zero-order valence-electron chi connectivity index (χ0n) is 6.79. The van der Waals surface area contributed by atoms with Gasteiger partial charge in [-0.2, -0.15) is 0 Å². The molecule has 2 N–H and O–H groups in total. The van der Waals surface area contributed by atoms with Crippen LogP contribution >= 0.6 is 0 Å². The molecule has 0 heterocycles. The van der Waals surface area contributed by atoms with Gasteiger partial charge in [0.15, 0.2) is 0 Å². The van der Waals surface area contributed by atoms with Crippen LogP contribution < -0.4 is 5.73 Å². The molecule has 11 heavy (non-hydrogen) atoms. The summed E-state index contributed by atoms with van der Waals surface area (Å²) in [4.78, 5) is 21.0. The SMILES string of the molecule is CC(=O)CC(CN)OC(C)=O. The van der Waals surface area contributed by atoms with Crippen LogP contribution in [-0.4, -0.2) is 24.4 Å². The highest BCUT2D eigenvalue weighted by molar-refractivity contribution is 5.76. The van der Waals surface area contributed by atoms with Crippen molar-refractivity contribution in [2.24, 2.45) is 5.73 Å². The van der Waals surface area contributed by atoms with Gasteiger partial charge < -0.3 is 10.5 Å². The molecule has 0 bridgehead atoms. The Morgan fingerprint density at radius 1 is 1.45 bits per heavy atom. The van der Waals surface area contributed by atoms with Gasteiger partial charge in [-0.3, -0.25) is 9.59 Å². The van der Waals surface area contributed by atoms with Crippen molar-refractivity contribution in [2.75, 3.05) is 6.54 Å². The van der Waals surface area contributed by atoms with Gasteiger partial charge in [0.1, 0.15) is 11.9 Å². The number of ether oxygens (including phenoxy) is 1. The molecule has 0 aromatic heterocycles. The normalized spacial score (nSPS) is 12.3. The Kier molecular flexibility index (Phi) is 4.45. The minimum absolute atomic E-state index is 0.0262. The van der Waals surface area contributed by atoms with Gasteiger partial charge in [-0.05, 0) is 6.92 Å². The number of ketones is 1. The van der Waals surface area contributed by atoms with Crippen LogP contribution in [-0.2, 0) is 14.3 Å². The lowest BCUT2D eigenvalue weighted by Crippen LogP contribution is -2.27. The molecule has 0 fully saturated rings. The van der Waals surface area contributed by atoms with Gasteiger partial charge in [0.25, 0.3) is 0 Å². The van der Waals surface area contributed by atoms with Crippen molar-refractivity contribution in [1.82, 2.24) is 0 Å². The Morgan fingerprint density at radius 2 is 2.00 bits per heavy atom. The number of rotatable bonds is 4. The van der Waals surface area contributed by atoms with Gasteiger partial charge in [-0.1, -0.05) is 0 Å². The molecule has 64 valence electrons. The summed E-state index contributed by atoms with van der Waals surface area (Å²) in [6.07, 6.45) is -0.249. The van der Waals surface area contributed by atoms with E-state index in [0.29, 0.717) is 0 Å². The second kappa shape index (κ2) is 4.85. The van der Waals surface area contributed by atoms with Crippen LogP contribution in [0.3, 0.4) is 0 Å². The number of hydrogen-bond donors (Lipinski definition) is 1. The van der Waals surface area contributed by atoms with Crippen molar-refractivity contribution < 1.29 is 14.3 Å². The second-order valence-corrected chi connectivity index (χ2v) is 2.37. The molecule has 0 radical (unpaired) electrons. The van der Waals surface area contributed by atoms with Crippen LogP contribution in [0.25, 0.3) is 0 Å². The lowest BCUT2D eigenvalue weighted by atomic mass is 10.2. The third-order valence-corrected chi connectivity index (χ3v) is 1.11. The standard InChI is InChI=1S/C7H13NO3/c1-5(9)3-7(4-8)11-6(2)10/h7H,3-4,8H2,1-2H3. The zero-order chi connectivity index (χ0) is 8.85. The second-order valence-electron chi connectivity index (χ2n) is 2.37. The summed E-state index contributed by atoms with van der Waals surface area (Å²) in [5.74, 6) is -0.427. The van der Waals surface area contributed by atoms with Gasteiger partial charge in [-0.15, -0.1) is 0 Å². The van der Waals surface area contributed by atoms with Crippen LogP contribution in [0, 0.1) is 0 Å². The summed E-state index contributed by atoms with van der Waals surface area (Å²) >= 11 is 0. The fourth-order valence-corrected chi connectivity index (χ4v) is 0.728. The first kappa shape index (κ1) is 10.1. The van der Waals surface area contributed by atoms with Gasteiger partial charge in [0, 0.05) is 19.9 Å². The first-order valence-corrected chi connectivity index (χ1v) is 3.43. The number of carbonyl (C=O) groups excluding carboxylic acids is 2. The summed E-state index contributed by atoms with van der Waals surface area (Å²) in [5.41, 5.74) is 5.24. The van der Waals surface area contributed by atoms with E-state index in [1.165, 1.54) is 13.8 Å². The molecular weight excluding hydrogens is 146 g/mol. The summed E-state index contributed by atoms with van der Waals surface area (Å²) in [6, 6.07) is 0. The Balaban J connectivity index is 3.76. The first-order valence-electron chi connectivity index (χ1n) is 3.43. The fourth-order valence-electron chi connectivity index (χ4n) is 0.728. The molecule has 4 heteroatoms. The molecule has 0 aromatic carbocycles. The minimum atomic E-state index is -0.454. The summed E-state index contributed by atoms with van der Waals surface area (Å²) in [7, 11) is 0. The third-order valence-electron chi connectivity index (χ3n) is 1.11. The molecule has 0 saturated heterocycles. The molecule has 1 unspecified atom stereocenters. The molecule has 0 spiro atoms. The Bertz CT molecular complexity index is 140. The van der Waals surface area contributed by atoms with Crippen molar-refractivity contribution in [3.05, 3.63) is 0 Å². The number of esters is 1. The topological polar surface area (TPSA) is 69.4 Å². The number of hydrogen-bond acceptors (Lipinski definition) is 4. The van der Waals surface area contributed by atoms with E-state index in [4.69, 9.17) is 10.5 Å². The van der Waals surface area contributed by atoms with Crippen LogP contribution in [0.2, 0.25) is 0 Å². The third kappa shape index (κ3) is 5.54. The van der Waals surface area contributed by atoms with E-state index in [0.717, 1.165) is 0 Å². The highest BCUT2D eigenvalue weighted by Gasteiger charge is 2.11. The predicted molar refractivity (Wildman–Crippen MR) is 39.9 cm³/mol. The zero-order valence-corrected chi connectivity index (χ0v) is 6.79. The number of nitrogens with two attached hydrogens (primary N) is 1. The Hall–Kier alpha value is -0.900. The largest absolute Gasteiger partial charge is 0.461 e. The fraction of sp³-hybridized carbons (Fsp3) is 0.714. The van der Waals surface area contributed by atoms with Gasteiger partial charge >= 0.3 is 5.97 Å². The van der Waals surface area contributed by atoms with Gasteiger partial charge in [0.05, 0.1) is 0 Å². The molecule has 0 aliphatic rings. The summed E-state index contributed by atoms with van der Waals surface area (Å²) in [6.45, 7) is 2.92. The van der Waals surface area contributed by atoms with E-state index < -0.39 is 12.1 Å². The van der Waals surface area contributed by atoms with Crippen LogP contribution in [0.4, 0.5) is 0 Å². The Labute approximate surface area is 65.7 Å². The molecule has 0 aromatic rings. The maximum atomic E-state index is 10.5. The molecule has 1 atom stereocenters. The van der Waals surface area contributed by atoms with Crippen LogP contribution in [0.15, 0.2) is 0 Å².